The zero-order valence-electron chi connectivity index (χ0n) is 11.9. The van der Waals surface area contributed by atoms with Crippen molar-refractivity contribution in [3.63, 3.8) is 0 Å². The molecule has 3 nitrogen and oxygen atoms in total. The number of nitrogens with one attached hydrogen (secondary N) is 1. The molecule has 3 rings (SSSR count). The van der Waals surface area contributed by atoms with Crippen molar-refractivity contribution < 1.29 is 9.47 Å². The van der Waals surface area contributed by atoms with E-state index in [0.717, 1.165) is 36.1 Å². The van der Waals surface area contributed by atoms with Gasteiger partial charge >= 0.3 is 0 Å². The largest absolute Gasteiger partial charge is 0.489 e. The number of hydrogen-bond donors (Lipinski definition) is 1. The molecule has 0 amide bonds. The Kier molecular flexibility index (Phi) is 5.86. The van der Waals surface area contributed by atoms with Gasteiger partial charge in [-0.1, -0.05) is 11.6 Å². The summed E-state index contributed by atoms with van der Waals surface area (Å²) < 4.78 is 11.4. The Morgan fingerprint density at radius 2 is 2.14 bits per heavy atom. The smallest absolute Gasteiger partial charge is 0.179 e. The lowest BCUT2D eigenvalue weighted by Crippen LogP contribution is -2.28. The molecule has 2 aliphatic heterocycles. The van der Waals surface area contributed by atoms with Gasteiger partial charge in [-0.2, -0.15) is 23.5 Å². The van der Waals surface area contributed by atoms with Gasteiger partial charge < -0.3 is 14.8 Å². The topological polar surface area (TPSA) is 30.5 Å². The second-order valence-corrected chi connectivity index (χ2v) is 8.12. The third kappa shape index (κ3) is 4.38. The molecule has 0 radical (unpaired) electrons. The molecular weight excluding hydrogens is 326 g/mol. The van der Waals surface area contributed by atoms with Crippen LogP contribution in [0.15, 0.2) is 12.1 Å². The SMILES string of the molecule is Clc1cc(CNCC2CSCCS2)cc2c1OCCCO2. The third-order valence-corrected chi connectivity index (χ3v) is 6.57. The van der Waals surface area contributed by atoms with E-state index in [4.69, 9.17) is 21.1 Å². The van der Waals surface area contributed by atoms with Gasteiger partial charge in [0.1, 0.15) is 0 Å². The second kappa shape index (κ2) is 7.86. The number of rotatable bonds is 4. The van der Waals surface area contributed by atoms with Crippen molar-refractivity contribution in [3.05, 3.63) is 22.7 Å². The van der Waals surface area contributed by atoms with Crippen LogP contribution in [0, 0.1) is 0 Å². The summed E-state index contributed by atoms with van der Waals surface area (Å²) in [4.78, 5) is 0. The Labute approximate surface area is 139 Å². The summed E-state index contributed by atoms with van der Waals surface area (Å²) in [5.74, 6) is 5.28. The summed E-state index contributed by atoms with van der Waals surface area (Å²) in [6, 6.07) is 4.02. The number of thioether (sulfide) groups is 2. The van der Waals surface area contributed by atoms with E-state index in [9.17, 15) is 0 Å². The van der Waals surface area contributed by atoms with Crippen LogP contribution < -0.4 is 14.8 Å². The monoisotopic (exact) mass is 345 g/mol. The molecule has 1 fully saturated rings. The van der Waals surface area contributed by atoms with Crippen LogP contribution >= 0.6 is 35.1 Å². The first-order valence-electron chi connectivity index (χ1n) is 7.31. The van der Waals surface area contributed by atoms with Crippen LogP contribution in [0.2, 0.25) is 5.02 Å². The molecule has 1 aromatic rings. The fraction of sp³-hybridized carbons (Fsp3) is 0.600. The molecule has 0 aliphatic carbocycles. The average Bonchev–Trinajstić information content (AvgIpc) is 2.74. The molecule has 21 heavy (non-hydrogen) atoms. The van der Waals surface area contributed by atoms with Gasteiger partial charge in [0.2, 0.25) is 0 Å². The fourth-order valence-corrected chi connectivity index (χ4v) is 5.35. The van der Waals surface area contributed by atoms with E-state index in [1.807, 2.05) is 12.1 Å². The summed E-state index contributed by atoms with van der Waals surface area (Å²) in [5, 5.41) is 4.90. The zero-order valence-corrected chi connectivity index (χ0v) is 14.3. The summed E-state index contributed by atoms with van der Waals surface area (Å²) in [6.07, 6.45) is 0.898. The molecule has 6 heteroatoms. The van der Waals surface area contributed by atoms with Crippen molar-refractivity contribution in [2.75, 3.05) is 37.0 Å². The zero-order chi connectivity index (χ0) is 14.5. The van der Waals surface area contributed by atoms with Crippen molar-refractivity contribution in [2.24, 2.45) is 0 Å². The van der Waals surface area contributed by atoms with E-state index in [-0.39, 0.29) is 0 Å². The molecule has 0 saturated carbocycles. The highest BCUT2D eigenvalue weighted by atomic mass is 35.5. The summed E-state index contributed by atoms with van der Waals surface area (Å²) in [7, 11) is 0. The first-order valence-corrected chi connectivity index (χ1v) is 9.89. The van der Waals surface area contributed by atoms with Crippen molar-refractivity contribution >= 4 is 35.1 Å². The molecule has 2 heterocycles. The predicted octanol–water partition coefficient (Wildman–Crippen LogP) is 3.44. The Bertz CT molecular complexity index is 481. The number of ether oxygens (including phenoxy) is 2. The number of fused-ring (bicyclic) bond motifs is 1. The van der Waals surface area contributed by atoms with Crippen LogP contribution in [0.3, 0.4) is 0 Å². The van der Waals surface area contributed by atoms with Gasteiger partial charge in [0.05, 0.1) is 18.2 Å². The first-order chi connectivity index (χ1) is 10.3. The summed E-state index contributed by atoms with van der Waals surface area (Å²) >= 11 is 10.4. The van der Waals surface area contributed by atoms with Gasteiger partial charge in [0.25, 0.3) is 0 Å². The van der Waals surface area contributed by atoms with E-state index >= 15 is 0 Å². The van der Waals surface area contributed by atoms with E-state index in [1.54, 1.807) is 0 Å². The first kappa shape index (κ1) is 15.7. The minimum Gasteiger partial charge on any atom is -0.489 e. The average molecular weight is 346 g/mol. The van der Waals surface area contributed by atoms with E-state index < -0.39 is 0 Å². The highest BCUT2D eigenvalue weighted by molar-refractivity contribution is 8.06. The van der Waals surface area contributed by atoms with Crippen molar-refractivity contribution in [3.8, 4) is 11.5 Å². The van der Waals surface area contributed by atoms with Gasteiger partial charge in [-0.25, -0.2) is 0 Å². The molecular formula is C15H20ClNO2S2. The van der Waals surface area contributed by atoms with Crippen LogP contribution in [0.25, 0.3) is 0 Å². The minimum absolute atomic E-state index is 0.647. The molecule has 0 bridgehead atoms. The normalized spacial score (nSPS) is 21.9. The van der Waals surface area contributed by atoms with E-state index in [1.165, 1.54) is 17.3 Å². The van der Waals surface area contributed by atoms with Crippen LogP contribution in [0.1, 0.15) is 12.0 Å². The quantitative estimate of drug-likeness (QED) is 0.903. The minimum atomic E-state index is 0.647. The standard InChI is InChI=1S/C15H20ClNO2S2/c16-13-6-11(7-14-15(13)19-3-1-2-18-14)8-17-9-12-10-20-4-5-21-12/h6-7,12,17H,1-5,8-10H2. The van der Waals surface area contributed by atoms with Crippen LogP contribution in [-0.4, -0.2) is 42.3 Å². The second-order valence-electron chi connectivity index (χ2n) is 5.15. The van der Waals surface area contributed by atoms with E-state index in [0.29, 0.717) is 24.0 Å². The van der Waals surface area contributed by atoms with E-state index in [2.05, 4.69) is 28.8 Å². The highest BCUT2D eigenvalue weighted by Crippen LogP contribution is 2.38. The molecule has 1 unspecified atom stereocenters. The lowest BCUT2D eigenvalue weighted by Gasteiger charge is -2.21. The lowest BCUT2D eigenvalue weighted by molar-refractivity contribution is 0.297. The van der Waals surface area contributed by atoms with Gasteiger partial charge in [-0.3, -0.25) is 0 Å². The Morgan fingerprint density at radius 1 is 1.24 bits per heavy atom. The molecule has 1 aromatic carbocycles. The maximum atomic E-state index is 6.31. The van der Waals surface area contributed by atoms with Crippen molar-refractivity contribution in [2.45, 2.75) is 18.2 Å². The third-order valence-electron chi connectivity index (χ3n) is 3.45. The number of benzene rings is 1. The predicted molar refractivity (Wildman–Crippen MR) is 92.3 cm³/mol. The van der Waals surface area contributed by atoms with Crippen LogP contribution in [-0.2, 0) is 6.54 Å². The highest BCUT2D eigenvalue weighted by Gasteiger charge is 2.16. The molecule has 0 aromatic heterocycles. The summed E-state index contributed by atoms with van der Waals surface area (Å²) in [6.45, 7) is 3.22. The Morgan fingerprint density at radius 3 is 3.00 bits per heavy atom. The number of halogens is 1. The van der Waals surface area contributed by atoms with Crippen molar-refractivity contribution in [1.82, 2.24) is 5.32 Å². The molecule has 1 atom stereocenters. The van der Waals surface area contributed by atoms with Gasteiger partial charge in [-0.05, 0) is 17.7 Å². The molecule has 116 valence electrons. The molecule has 2 aliphatic rings. The Balaban J connectivity index is 1.57. The van der Waals surface area contributed by atoms with Gasteiger partial charge in [0.15, 0.2) is 11.5 Å². The van der Waals surface area contributed by atoms with Crippen LogP contribution in [0.5, 0.6) is 11.5 Å². The molecule has 0 spiro atoms. The van der Waals surface area contributed by atoms with Crippen LogP contribution in [0.4, 0.5) is 0 Å². The van der Waals surface area contributed by atoms with Gasteiger partial charge in [0, 0.05) is 42.0 Å². The Hall–Kier alpha value is -0.230. The molecule has 1 N–H and O–H groups in total. The maximum absolute atomic E-state index is 6.31. The maximum Gasteiger partial charge on any atom is 0.179 e. The number of hydrogen-bond acceptors (Lipinski definition) is 5. The molecule has 1 saturated heterocycles. The van der Waals surface area contributed by atoms with Crippen molar-refractivity contribution in [1.29, 1.82) is 0 Å². The summed E-state index contributed by atoms with van der Waals surface area (Å²) in [5.41, 5.74) is 1.15. The lowest BCUT2D eigenvalue weighted by atomic mass is 10.2. The fourth-order valence-electron chi connectivity index (χ4n) is 2.42. The van der Waals surface area contributed by atoms with Gasteiger partial charge in [-0.15, -0.1) is 0 Å².